The lowest BCUT2D eigenvalue weighted by Gasteiger charge is -2.06. The van der Waals surface area contributed by atoms with Crippen molar-refractivity contribution in [1.29, 1.82) is 0 Å². The minimum atomic E-state index is -3.52. The molecule has 0 aliphatic heterocycles. The Hall–Kier alpha value is -1.70. The van der Waals surface area contributed by atoms with Gasteiger partial charge in [0.1, 0.15) is 4.21 Å². The molecule has 0 unspecified atom stereocenters. The molecule has 3 rings (SSSR count). The van der Waals surface area contributed by atoms with Crippen LogP contribution in [0, 0.1) is 6.92 Å². The first kappa shape index (κ1) is 18.1. The van der Waals surface area contributed by atoms with Crippen molar-refractivity contribution in [2.24, 2.45) is 0 Å². The number of benzene rings is 2. The second-order valence-electron chi connectivity index (χ2n) is 5.61. The molecule has 3 aromatic rings. The summed E-state index contributed by atoms with van der Waals surface area (Å²) >= 11 is 4.69. The number of ether oxygens (including phenoxy) is 1. The number of hydrogen-bond donors (Lipinski definition) is 0. The largest absolute Gasteiger partial charge is 0.465 e. The number of fused-ring (bicyclic) bond motifs is 1. The molecule has 0 spiro atoms. The minimum absolute atomic E-state index is 0.160. The van der Waals surface area contributed by atoms with Crippen LogP contribution in [0.1, 0.15) is 21.5 Å². The van der Waals surface area contributed by atoms with Crippen molar-refractivity contribution >= 4 is 53.2 Å². The lowest BCUT2D eigenvalue weighted by Crippen LogP contribution is -2.06. The zero-order chi connectivity index (χ0) is 18.2. The van der Waals surface area contributed by atoms with Crippen LogP contribution in [0.5, 0.6) is 0 Å². The second kappa shape index (κ2) is 6.90. The molecular weight excluding hydrogens is 424 g/mol. The average molecular weight is 439 g/mol. The summed E-state index contributed by atoms with van der Waals surface area (Å²) in [5, 5.41) is 0.932. The van der Waals surface area contributed by atoms with Crippen LogP contribution in [0.15, 0.2) is 51.1 Å². The highest BCUT2D eigenvalue weighted by Crippen LogP contribution is 2.37. The normalized spacial score (nSPS) is 11.6. The monoisotopic (exact) mass is 438 g/mol. The zero-order valence-corrected chi connectivity index (χ0v) is 16.8. The molecule has 0 saturated heterocycles. The van der Waals surface area contributed by atoms with Gasteiger partial charge in [-0.1, -0.05) is 28.1 Å². The summed E-state index contributed by atoms with van der Waals surface area (Å²) in [5.74, 6) is -0.644. The van der Waals surface area contributed by atoms with Crippen LogP contribution in [0.4, 0.5) is 0 Å². The maximum atomic E-state index is 12.9. The van der Waals surface area contributed by atoms with Gasteiger partial charge >= 0.3 is 5.97 Å². The van der Waals surface area contributed by atoms with Crippen LogP contribution >= 0.6 is 27.3 Å². The summed E-state index contributed by atoms with van der Waals surface area (Å²) in [7, 11) is -2.22. The number of methoxy groups -OCH3 is 1. The fraction of sp³-hybridized carbons (Fsp3) is 0.167. The predicted molar refractivity (Wildman–Crippen MR) is 103 cm³/mol. The van der Waals surface area contributed by atoms with Gasteiger partial charge in [0.05, 0.1) is 18.4 Å². The molecule has 25 heavy (non-hydrogen) atoms. The number of carbonyl (C=O) groups is 1. The molecule has 0 aliphatic carbocycles. The number of esters is 1. The van der Waals surface area contributed by atoms with Gasteiger partial charge in [-0.2, -0.15) is 0 Å². The standard InChI is InChI=1S/C18H15BrO4S2/c1-11-15-9-14(19)6-7-16(15)24-18(11)25(21,22)10-12-4-3-5-13(8-12)17(20)23-2/h3-9H,10H2,1-2H3. The summed E-state index contributed by atoms with van der Waals surface area (Å²) in [6, 6.07) is 12.3. The fourth-order valence-corrected chi connectivity index (χ4v) is 6.22. The molecule has 0 radical (unpaired) electrons. The molecule has 130 valence electrons. The first-order chi connectivity index (χ1) is 11.8. The Bertz CT molecular complexity index is 1070. The molecule has 4 nitrogen and oxygen atoms in total. The van der Waals surface area contributed by atoms with Crippen LogP contribution in [0.3, 0.4) is 0 Å². The van der Waals surface area contributed by atoms with Crippen molar-refractivity contribution in [3.63, 3.8) is 0 Å². The smallest absolute Gasteiger partial charge is 0.337 e. The molecule has 7 heteroatoms. The second-order valence-corrected chi connectivity index (χ2v) is 9.76. The molecule has 1 heterocycles. The van der Waals surface area contributed by atoms with Gasteiger partial charge in [0, 0.05) is 9.17 Å². The van der Waals surface area contributed by atoms with Crippen molar-refractivity contribution in [2.75, 3.05) is 7.11 Å². The Kier molecular flexibility index (Phi) is 4.99. The Balaban J connectivity index is 2.00. The van der Waals surface area contributed by atoms with E-state index in [0.717, 1.165) is 20.1 Å². The van der Waals surface area contributed by atoms with E-state index < -0.39 is 15.8 Å². The Morgan fingerprint density at radius 2 is 1.96 bits per heavy atom. The molecule has 2 aromatic carbocycles. The summed E-state index contributed by atoms with van der Waals surface area (Å²) in [4.78, 5) is 11.6. The highest BCUT2D eigenvalue weighted by molar-refractivity contribution is 9.10. The quantitative estimate of drug-likeness (QED) is 0.552. The van der Waals surface area contributed by atoms with E-state index in [9.17, 15) is 13.2 Å². The average Bonchev–Trinajstić information content (AvgIpc) is 2.91. The third-order valence-corrected chi connectivity index (χ3v) is 8.00. The minimum Gasteiger partial charge on any atom is -0.465 e. The Morgan fingerprint density at radius 3 is 2.68 bits per heavy atom. The number of sulfone groups is 1. The van der Waals surface area contributed by atoms with E-state index >= 15 is 0 Å². The van der Waals surface area contributed by atoms with Gasteiger partial charge in [-0.25, -0.2) is 13.2 Å². The van der Waals surface area contributed by atoms with E-state index in [0.29, 0.717) is 15.3 Å². The van der Waals surface area contributed by atoms with Crippen LogP contribution in [-0.4, -0.2) is 21.5 Å². The SMILES string of the molecule is COC(=O)c1cccc(CS(=O)(=O)c2sc3ccc(Br)cc3c2C)c1. The van der Waals surface area contributed by atoms with E-state index in [1.165, 1.54) is 18.4 Å². The number of hydrogen-bond acceptors (Lipinski definition) is 5. The van der Waals surface area contributed by atoms with E-state index in [-0.39, 0.29) is 5.75 Å². The molecule has 0 aliphatic rings. The molecule has 1 aromatic heterocycles. The number of halogens is 1. The van der Waals surface area contributed by atoms with Gasteiger partial charge in [0.15, 0.2) is 9.84 Å². The molecule has 0 bridgehead atoms. The molecule has 0 amide bonds. The van der Waals surface area contributed by atoms with Crippen molar-refractivity contribution in [3.05, 3.63) is 63.6 Å². The zero-order valence-electron chi connectivity index (χ0n) is 13.6. The number of aryl methyl sites for hydroxylation is 1. The van der Waals surface area contributed by atoms with Gasteiger partial charge in [-0.3, -0.25) is 0 Å². The van der Waals surface area contributed by atoms with Crippen LogP contribution < -0.4 is 0 Å². The van der Waals surface area contributed by atoms with E-state index in [4.69, 9.17) is 0 Å². The molecule has 0 atom stereocenters. The van der Waals surface area contributed by atoms with Crippen LogP contribution in [0.25, 0.3) is 10.1 Å². The van der Waals surface area contributed by atoms with Crippen molar-refractivity contribution in [3.8, 4) is 0 Å². The number of thiophene rings is 1. The van der Waals surface area contributed by atoms with E-state index in [1.807, 2.05) is 25.1 Å². The summed E-state index contributed by atoms with van der Waals surface area (Å²) in [6.07, 6.45) is 0. The highest BCUT2D eigenvalue weighted by atomic mass is 79.9. The molecule has 0 saturated carbocycles. The van der Waals surface area contributed by atoms with Gasteiger partial charge in [-0.05, 0) is 53.8 Å². The summed E-state index contributed by atoms with van der Waals surface area (Å²) in [6.45, 7) is 1.82. The van der Waals surface area contributed by atoms with Crippen LogP contribution in [-0.2, 0) is 20.3 Å². The third kappa shape index (κ3) is 3.63. The highest BCUT2D eigenvalue weighted by Gasteiger charge is 2.23. The van der Waals surface area contributed by atoms with Gasteiger partial charge < -0.3 is 4.74 Å². The van der Waals surface area contributed by atoms with Crippen molar-refractivity contribution < 1.29 is 17.9 Å². The number of carbonyl (C=O) groups excluding carboxylic acids is 1. The predicted octanol–water partition coefficient (Wildman–Crippen LogP) is 4.73. The number of rotatable bonds is 4. The molecule has 0 N–H and O–H groups in total. The summed E-state index contributed by atoms with van der Waals surface area (Å²) < 4.78 is 32.7. The van der Waals surface area contributed by atoms with Crippen molar-refractivity contribution in [2.45, 2.75) is 16.9 Å². The van der Waals surface area contributed by atoms with E-state index in [2.05, 4.69) is 20.7 Å². The summed E-state index contributed by atoms with van der Waals surface area (Å²) in [5.41, 5.74) is 1.65. The maximum absolute atomic E-state index is 12.9. The molecule has 0 fully saturated rings. The van der Waals surface area contributed by atoms with Gasteiger partial charge in [0.2, 0.25) is 0 Å². The maximum Gasteiger partial charge on any atom is 0.337 e. The first-order valence-electron chi connectivity index (χ1n) is 7.40. The topological polar surface area (TPSA) is 60.4 Å². The molecular formula is C18H15BrO4S2. The lowest BCUT2D eigenvalue weighted by molar-refractivity contribution is 0.0600. The van der Waals surface area contributed by atoms with Crippen molar-refractivity contribution in [1.82, 2.24) is 0 Å². The fourth-order valence-electron chi connectivity index (χ4n) is 2.66. The third-order valence-electron chi connectivity index (χ3n) is 3.84. The van der Waals surface area contributed by atoms with Gasteiger partial charge in [-0.15, -0.1) is 11.3 Å². The lowest BCUT2D eigenvalue weighted by atomic mass is 10.1. The van der Waals surface area contributed by atoms with E-state index in [1.54, 1.807) is 24.3 Å². The first-order valence-corrected chi connectivity index (χ1v) is 10.7. The van der Waals surface area contributed by atoms with Crippen LogP contribution in [0.2, 0.25) is 0 Å². The Morgan fingerprint density at radius 1 is 1.20 bits per heavy atom. The van der Waals surface area contributed by atoms with Gasteiger partial charge in [0.25, 0.3) is 0 Å². The Labute approximate surface area is 158 Å².